The summed E-state index contributed by atoms with van der Waals surface area (Å²) < 4.78 is 16.1. The number of aromatic nitrogens is 1. The Kier molecular flexibility index (Phi) is 5.81. The van der Waals surface area contributed by atoms with Crippen LogP contribution in [0.1, 0.15) is 16.1 Å². The van der Waals surface area contributed by atoms with Crippen molar-refractivity contribution >= 4 is 16.8 Å². The maximum Gasteiger partial charge on any atom is 0.270 e. The smallest absolute Gasteiger partial charge is 0.270 e. The zero-order valence-electron chi connectivity index (χ0n) is 17.6. The molecule has 0 spiro atoms. The fourth-order valence-corrected chi connectivity index (χ4v) is 3.87. The Bertz CT molecular complexity index is 1040. The van der Waals surface area contributed by atoms with Crippen molar-refractivity contribution in [2.24, 2.45) is 0 Å². The molecule has 1 saturated heterocycles. The fourth-order valence-electron chi connectivity index (χ4n) is 3.87. The van der Waals surface area contributed by atoms with Crippen molar-refractivity contribution < 1.29 is 19.0 Å². The first-order valence-corrected chi connectivity index (χ1v) is 10.0. The van der Waals surface area contributed by atoms with E-state index in [1.165, 1.54) is 0 Å². The summed E-state index contributed by atoms with van der Waals surface area (Å²) in [5.41, 5.74) is 2.60. The molecule has 7 heteroatoms. The van der Waals surface area contributed by atoms with E-state index in [9.17, 15) is 4.79 Å². The van der Waals surface area contributed by atoms with E-state index in [0.29, 0.717) is 18.8 Å². The lowest BCUT2D eigenvalue weighted by Crippen LogP contribution is -2.48. The minimum Gasteiger partial charge on any atom is -0.497 e. The van der Waals surface area contributed by atoms with E-state index in [-0.39, 0.29) is 5.91 Å². The van der Waals surface area contributed by atoms with Crippen molar-refractivity contribution in [1.82, 2.24) is 14.8 Å². The lowest BCUT2D eigenvalue weighted by molar-refractivity contribution is 0.0622. The fraction of sp³-hybridized carbons (Fsp3) is 0.348. The SMILES string of the molecule is COc1ccc(OC)c(CN2CCN(C(=O)c3cc4ccc(OC)cc4[nH]3)CC2)c1. The zero-order chi connectivity index (χ0) is 21.1. The normalized spacial score (nSPS) is 14.7. The predicted molar refractivity (Wildman–Crippen MR) is 116 cm³/mol. The Labute approximate surface area is 176 Å². The number of amides is 1. The summed E-state index contributed by atoms with van der Waals surface area (Å²) in [7, 11) is 4.98. The van der Waals surface area contributed by atoms with Gasteiger partial charge in [0.2, 0.25) is 0 Å². The number of piperazine rings is 1. The molecule has 1 aliphatic heterocycles. The van der Waals surface area contributed by atoms with Crippen LogP contribution in [-0.4, -0.2) is 68.2 Å². The molecule has 1 fully saturated rings. The number of benzene rings is 2. The largest absolute Gasteiger partial charge is 0.497 e. The highest BCUT2D eigenvalue weighted by Crippen LogP contribution is 2.26. The van der Waals surface area contributed by atoms with E-state index in [1.807, 2.05) is 47.4 Å². The maximum atomic E-state index is 13.0. The van der Waals surface area contributed by atoms with Gasteiger partial charge in [-0.1, -0.05) is 0 Å². The number of nitrogens with zero attached hydrogens (tertiary/aromatic N) is 2. The summed E-state index contributed by atoms with van der Waals surface area (Å²) in [5, 5.41) is 1.00. The molecular weight excluding hydrogens is 382 g/mol. The number of nitrogens with one attached hydrogen (secondary N) is 1. The number of hydrogen-bond acceptors (Lipinski definition) is 5. The first-order chi connectivity index (χ1) is 14.6. The van der Waals surface area contributed by atoms with Gasteiger partial charge in [-0.25, -0.2) is 0 Å². The van der Waals surface area contributed by atoms with Crippen molar-refractivity contribution in [3.8, 4) is 17.2 Å². The average molecular weight is 409 g/mol. The minimum absolute atomic E-state index is 0.0313. The topological polar surface area (TPSA) is 67.0 Å². The highest BCUT2D eigenvalue weighted by molar-refractivity contribution is 5.98. The second-order valence-corrected chi connectivity index (χ2v) is 7.38. The Balaban J connectivity index is 1.40. The molecule has 2 heterocycles. The van der Waals surface area contributed by atoms with E-state index in [2.05, 4.69) is 9.88 Å². The van der Waals surface area contributed by atoms with Crippen LogP contribution in [0.2, 0.25) is 0 Å². The van der Waals surface area contributed by atoms with Crippen molar-refractivity contribution in [2.75, 3.05) is 47.5 Å². The van der Waals surface area contributed by atoms with Crippen LogP contribution in [0.3, 0.4) is 0 Å². The molecule has 0 bridgehead atoms. The Morgan fingerprint density at radius 3 is 2.30 bits per heavy atom. The Morgan fingerprint density at radius 1 is 0.900 bits per heavy atom. The Morgan fingerprint density at radius 2 is 1.60 bits per heavy atom. The maximum absolute atomic E-state index is 13.0. The quantitative estimate of drug-likeness (QED) is 0.678. The van der Waals surface area contributed by atoms with E-state index in [0.717, 1.165) is 53.3 Å². The van der Waals surface area contributed by atoms with Gasteiger partial charge in [-0.3, -0.25) is 9.69 Å². The average Bonchev–Trinajstić information content (AvgIpc) is 3.22. The van der Waals surface area contributed by atoms with Crippen LogP contribution in [-0.2, 0) is 6.54 Å². The van der Waals surface area contributed by atoms with Gasteiger partial charge in [0.25, 0.3) is 5.91 Å². The Hall–Kier alpha value is -3.19. The third-order valence-corrected chi connectivity index (χ3v) is 5.60. The summed E-state index contributed by atoms with van der Waals surface area (Å²) in [6, 6.07) is 13.5. The molecule has 0 saturated carbocycles. The standard InChI is InChI=1S/C23H27N3O4/c1-28-18-6-7-22(30-3)17(12-18)15-25-8-10-26(11-9-25)23(27)21-13-16-4-5-19(29-2)14-20(16)24-21/h4-7,12-14,24H,8-11,15H2,1-3H3. The molecule has 2 aromatic carbocycles. The van der Waals surface area contributed by atoms with Gasteiger partial charge in [-0.05, 0) is 36.4 Å². The monoisotopic (exact) mass is 409 g/mol. The molecule has 0 atom stereocenters. The van der Waals surface area contributed by atoms with E-state index < -0.39 is 0 Å². The number of hydrogen-bond donors (Lipinski definition) is 1. The number of methoxy groups -OCH3 is 3. The second-order valence-electron chi connectivity index (χ2n) is 7.38. The van der Waals surface area contributed by atoms with Crippen LogP contribution < -0.4 is 14.2 Å². The molecule has 1 aromatic heterocycles. The molecule has 30 heavy (non-hydrogen) atoms. The van der Waals surface area contributed by atoms with E-state index >= 15 is 0 Å². The zero-order valence-corrected chi connectivity index (χ0v) is 17.6. The van der Waals surface area contributed by atoms with Crippen LogP contribution in [0.15, 0.2) is 42.5 Å². The van der Waals surface area contributed by atoms with Crippen LogP contribution in [0.4, 0.5) is 0 Å². The molecular formula is C23H27N3O4. The summed E-state index contributed by atoms with van der Waals surface area (Å²) in [5.74, 6) is 2.46. The lowest BCUT2D eigenvalue weighted by atomic mass is 10.1. The summed E-state index contributed by atoms with van der Waals surface area (Å²) in [6.45, 7) is 3.74. The molecule has 0 aliphatic carbocycles. The molecule has 158 valence electrons. The molecule has 1 amide bonds. The van der Waals surface area contributed by atoms with Crippen molar-refractivity contribution in [2.45, 2.75) is 6.54 Å². The number of rotatable bonds is 6. The number of carbonyl (C=O) groups excluding carboxylic acids is 1. The van der Waals surface area contributed by atoms with Crippen LogP contribution in [0, 0.1) is 0 Å². The van der Waals surface area contributed by atoms with E-state index in [1.54, 1.807) is 21.3 Å². The summed E-state index contributed by atoms with van der Waals surface area (Å²) in [6.07, 6.45) is 0. The third-order valence-electron chi connectivity index (χ3n) is 5.60. The molecule has 4 rings (SSSR count). The van der Waals surface area contributed by atoms with Gasteiger partial charge in [0.1, 0.15) is 22.9 Å². The van der Waals surface area contributed by atoms with Gasteiger partial charge in [-0.15, -0.1) is 0 Å². The van der Waals surface area contributed by atoms with Crippen LogP contribution in [0.25, 0.3) is 10.9 Å². The van der Waals surface area contributed by atoms with Crippen molar-refractivity contribution in [1.29, 1.82) is 0 Å². The van der Waals surface area contributed by atoms with Gasteiger partial charge in [-0.2, -0.15) is 0 Å². The highest BCUT2D eigenvalue weighted by Gasteiger charge is 2.24. The molecule has 1 N–H and O–H groups in total. The van der Waals surface area contributed by atoms with Gasteiger partial charge >= 0.3 is 0 Å². The highest BCUT2D eigenvalue weighted by atomic mass is 16.5. The number of aromatic amines is 1. The van der Waals surface area contributed by atoms with E-state index in [4.69, 9.17) is 14.2 Å². The summed E-state index contributed by atoms with van der Waals surface area (Å²) in [4.78, 5) is 20.4. The first-order valence-electron chi connectivity index (χ1n) is 10.0. The third kappa shape index (κ3) is 4.07. The summed E-state index contributed by atoms with van der Waals surface area (Å²) >= 11 is 0. The number of ether oxygens (including phenoxy) is 3. The van der Waals surface area contributed by atoms with Gasteiger partial charge in [0, 0.05) is 55.3 Å². The minimum atomic E-state index is 0.0313. The lowest BCUT2D eigenvalue weighted by Gasteiger charge is -2.34. The molecule has 0 unspecified atom stereocenters. The van der Waals surface area contributed by atoms with Crippen molar-refractivity contribution in [3.05, 3.63) is 53.7 Å². The van der Waals surface area contributed by atoms with Gasteiger partial charge in [0.15, 0.2) is 0 Å². The first kappa shape index (κ1) is 20.1. The van der Waals surface area contributed by atoms with Crippen molar-refractivity contribution in [3.63, 3.8) is 0 Å². The van der Waals surface area contributed by atoms with Crippen LogP contribution >= 0.6 is 0 Å². The van der Waals surface area contributed by atoms with Gasteiger partial charge in [0.05, 0.1) is 21.3 Å². The molecule has 0 radical (unpaired) electrons. The number of fused-ring (bicyclic) bond motifs is 1. The predicted octanol–water partition coefficient (Wildman–Crippen LogP) is 3.15. The van der Waals surface area contributed by atoms with Gasteiger partial charge < -0.3 is 24.1 Å². The second kappa shape index (κ2) is 8.67. The molecule has 1 aliphatic rings. The number of H-pyrrole nitrogens is 1. The molecule has 7 nitrogen and oxygen atoms in total. The number of carbonyl (C=O) groups is 1. The van der Waals surface area contributed by atoms with Crippen LogP contribution in [0.5, 0.6) is 17.2 Å². The molecule has 3 aromatic rings.